The largest absolute Gasteiger partial charge is 0.481 e. The molecule has 2 rings (SSSR count). The Hall–Kier alpha value is -0.940. The van der Waals surface area contributed by atoms with E-state index in [1.807, 2.05) is 0 Å². The fourth-order valence-electron chi connectivity index (χ4n) is 2.38. The quantitative estimate of drug-likeness (QED) is 0.664. The molecule has 0 spiro atoms. The molecule has 0 saturated heterocycles. The maximum Gasteiger partial charge on any atom is 0.306 e. The highest BCUT2D eigenvalue weighted by Gasteiger charge is 2.35. The molecule has 2 unspecified atom stereocenters. The molecule has 1 aliphatic carbocycles. The van der Waals surface area contributed by atoms with Gasteiger partial charge in [0.2, 0.25) is 0 Å². The van der Waals surface area contributed by atoms with Crippen LogP contribution in [-0.4, -0.2) is 16.9 Å². The Labute approximate surface area is 122 Å². The average molecular weight is 350 g/mol. The summed E-state index contributed by atoms with van der Waals surface area (Å²) in [5, 5.41) is 9.17. The Balaban J connectivity index is 2.22. The van der Waals surface area contributed by atoms with Crippen molar-refractivity contribution in [3.05, 3.63) is 33.0 Å². The molecule has 0 aromatic heterocycles. The molecule has 1 N–H and O–H groups in total. The van der Waals surface area contributed by atoms with Crippen molar-refractivity contribution in [2.45, 2.75) is 19.3 Å². The van der Waals surface area contributed by atoms with Crippen molar-refractivity contribution in [3.63, 3.8) is 0 Å². The lowest BCUT2D eigenvalue weighted by atomic mass is 9.95. The number of aliphatic carboxylic acids is 1. The maximum atomic E-state index is 13.8. The number of benzene rings is 1. The summed E-state index contributed by atoms with van der Waals surface area (Å²) in [6.45, 7) is 0. The van der Waals surface area contributed by atoms with Gasteiger partial charge < -0.3 is 5.11 Å². The molecule has 19 heavy (non-hydrogen) atoms. The molecule has 0 radical (unpaired) electrons. The highest BCUT2D eigenvalue weighted by Crippen LogP contribution is 2.35. The second kappa shape index (κ2) is 5.59. The van der Waals surface area contributed by atoms with E-state index in [-0.39, 0.29) is 22.8 Å². The summed E-state index contributed by atoms with van der Waals surface area (Å²) in [5.41, 5.74) is -0.0655. The maximum absolute atomic E-state index is 13.8. The van der Waals surface area contributed by atoms with Gasteiger partial charge in [0.1, 0.15) is 5.82 Å². The first-order chi connectivity index (χ1) is 8.90. The number of carboxylic acid groups (broad SMARTS) is 1. The SMILES string of the molecule is O=C(O)C1CCC(C(=O)c2cc(Cl)c(Br)cc2F)C1. The van der Waals surface area contributed by atoms with Crippen molar-refractivity contribution in [2.75, 3.05) is 0 Å². The highest BCUT2D eigenvalue weighted by molar-refractivity contribution is 9.10. The zero-order chi connectivity index (χ0) is 14.2. The summed E-state index contributed by atoms with van der Waals surface area (Å²) in [6.07, 6.45) is 1.20. The Morgan fingerprint density at radius 2 is 1.95 bits per heavy atom. The van der Waals surface area contributed by atoms with Crippen LogP contribution in [0, 0.1) is 17.7 Å². The smallest absolute Gasteiger partial charge is 0.306 e. The molecule has 1 aromatic rings. The molecule has 0 aliphatic heterocycles. The molecule has 1 fully saturated rings. The van der Waals surface area contributed by atoms with Crippen LogP contribution in [0.3, 0.4) is 0 Å². The van der Waals surface area contributed by atoms with Crippen molar-refractivity contribution in [2.24, 2.45) is 11.8 Å². The summed E-state index contributed by atoms with van der Waals surface area (Å²) in [7, 11) is 0. The molecule has 3 nitrogen and oxygen atoms in total. The van der Waals surface area contributed by atoms with Crippen molar-refractivity contribution in [3.8, 4) is 0 Å². The third-order valence-corrected chi connectivity index (χ3v) is 4.63. The van der Waals surface area contributed by atoms with Crippen LogP contribution in [0.1, 0.15) is 29.6 Å². The highest BCUT2D eigenvalue weighted by atomic mass is 79.9. The van der Waals surface area contributed by atoms with E-state index >= 15 is 0 Å². The number of hydrogen-bond acceptors (Lipinski definition) is 2. The van der Waals surface area contributed by atoms with Gasteiger partial charge in [0, 0.05) is 10.4 Å². The molecular formula is C13H11BrClFO3. The average Bonchev–Trinajstić information content (AvgIpc) is 2.82. The van der Waals surface area contributed by atoms with E-state index in [1.165, 1.54) is 6.07 Å². The third-order valence-electron chi connectivity index (χ3n) is 3.43. The van der Waals surface area contributed by atoms with Crippen molar-refractivity contribution in [1.29, 1.82) is 0 Å². The van der Waals surface area contributed by atoms with E-state index in [1.54, 1.807) is 0 Å². The second-order valence-corrected chi connectivity index (χ2v) is 5.92. The van der Waals surface area contributed by atoms with Crippen LogP contribution in [0.5, 0.6) is 0 Å². The molecule has 1 aliphatic rings. The lowest BCUT2D eigenvalue weighted by molar-refractivity contribution is -0.141. The molecule has 0 amide bonds. The number of rotatable bonds is 3. The van der Waals surface area contributed by atoms with E-state index in [0.717, 1.165) is 6.07 Å². The summed E-state index contributed by atoms with van der Waals surface area (Å²) >= 11 is 8.94. The molecule has 6 heteroatoms. The molecule has 0 bridgehead atoms. The first-order valence-electron chi connectivity index (χ1n) is 5.81. The number of hydrogen-bond donors (Lipinski definition) is 1. The normalized spacial score (nSPS) is 22.5. The number of halogens is 3. The molecule has 0 heterocycles. The van der Waals surface area contributed by atoms with Crippen LogP contribution in [0.15, 0.2) is 16.6 Å². The van der Waals surface area contributed by atoms with Gasteiger partial charge in [-0.2, -0.15) is 0 Å². The lowest BCUT2D eigenvalue weighted by Gasteiger charge is -2.10. The molecule has 2 atom stereocenters. The molecule has 1 aromatic carbocycles. The Kier molecular flexibility index (Phi) is 4.26. The van der Waals surface area contributed by atoms with Gasteiger partial charge >= 0.3 is 5.97 Å². The van der Waals surface area contributed by atoms with Gasteiger partial charge in [0.25, 0.3) is 0 Å². The van der Waals surface area contributed by atoms with Gasteiger partial charge in [-0.3, -0.25) is 9.59 Å². The van der Waals surface area contributed by atoms with E-state index in [9.17, 15) is 14.0 Å². The van der Waals surface area contributed by atoms with Crippen molar-refractivity contribution in [1.82, 2.24) is 0 Å². The van der Waals surface area contributed by atoms with E-state index in [0.29, 0.717) is 17.3 Å². The first kappa shape index (κ1) is 14.5. The number of carbonyl (C=O) groups is 2. The standard InChI is InChI=1S/C13H11BrClFO3/c14-9-5-11(16)8(4-10(9)15)12(17)6-1-2-7(3-6)13(18)19/h4-7H,1-3H2,(H,18,19). The number of ketones is 1. The monoisotopic (exact) mass is 348 g/mol. The van der Waals surface area contributed by atoms with E-state index in [4.69, 9.17) is 16.7 Å². The second-order valence-electron chi connectivity index (χ2n) is 4.66. The minimum Gasteiger partial charge on any atom is -0.481 e. The van der Waals surface area contributed by atoms with Gasteiger partial charge in [0.15, 0.2) is 5.78 Å². The van der Waals surface area contributed by atoms with Crippen molar-refractivity contribution >= 4 is 39.3 Å². The number of carboxylic acids is 1. The molecule has 102 valence electrons. The summed E-state index contributed by atoms with van der Waals surface area (Å²) in [4.78, 5) is 23.1. The minimum atomic E-state index is -0.899. The Morgan fingerprint density at radius 1 is 1.32 bits per heavy atom. The third kappa shape index (κ3) is 2.98. The topological polar surface area (TPSA) is 54.4 Å². The van der Waals surface area contributed by atoms with Crippen LogP contribution in [0.2, 0.25) is 5.02 Å². The van der Waals surface area contributed by atoms with Gasteiger partial charge in [-0.1, -0.05) is 11.6 Å². The van der Waals surface area contributed by atoms with Gasteiger partial charge in [-0.25, -0.2) is 4.39 Å². The van der Waals surface area contributed by atoms with Gasteiger partial charge in [-0.15, -0.1) is 0 Å². The lowest BCUT2D eigenvalue weighted by Crippen LogP contribution is -2.16. The van der Waals surface area contributed by atoms with Gasteiger partial charge in [0.05, 0.1) is 16.5 Å². The molecule has 1 saturated carbocycles. The fourth-order valence-corrected chi connectivity index (χ4v) is 2.85. The Bertz CT molecular complexity index is 547. The fraction of sp³-hybridized carbons (Fsp3) is 0.385. The summed E-state index contributed by atoms with van der Waals surface area (Å²) in [6, 6.07) is 2.44. The van der Waals surface area contributed by atoms with Crippen LogP contribution in [0.4, 0.5) is 4.39 Å². The zero-order valence-corrected chi connectivity index (χ0v) is 12.2. The van der Waals surface area contributed by atoms with E-state index in [2.05, 4.69) is 15.9 Å². The first-order valence-corrected chi connectivity index (χ1v) is 6.98. The van der Waals surface area contributed by atoms with Crippen LogP contribution in [-0.2, 0) is 4.79 Å². The van der Waals surface area contributed by atoms with Crippen LogP contribution >= 0.6 is 27.5 Å². The predicted molar refractivity (Wildman–Crippen MR) is 71.9 cm³/mol. The summed E-state index contributed by atoms with van der Waals surface area (Å²) < 4.78 is 14.2. The van der Waals surface area contributed by atoms with E-state index < -0.39 is 23.6 Å². The van der Waals surface area contributed by atoms with Crippen LogP contribution in [0.25, 0.3) is 0 Å². The summed E-state index contributed by atoms with van der Waals surface area (Å²) in [5.74, 6) is -2.85. The predicted octanol–water partition coefficient (Wildman–Crippen LogP) is 3.93. The van der Waals surface area contributed by atoms with Gasteiger partial charge in [-0.05, 0) is 47.3 Å². The zero-order valence-electron chi connectivity index (χ0n) is 9.83. The Morgan fingerprint density at radius 3 is 2.53 bits per heavy atom. The minimum absolute atomic E-state index is 0.0655. The van der Waals surface area contributed by atoms with Crippen molar-refractivity contribution < 1.29 is 19.1 Å². The van der Waals surface area contributed by atoms with Crippen LogP contribution < -0.4 is 0 Å². The number of carbonyl (C=O) groups excluding carboxylic acids is 1. The number of Topliss-reactive ketones (excluding diaryl/α,β-unsaturated/α-hetero) is 1. The molecular weight excluding hydrogens is 338 g/mol.